The molecule has 0 bridgehead atoms. The van der Waals surface area contributed by atoms with Crippen LogP contribution in [0.2, 0.25) is 0 Å². The second-order valence-electron chi connectivity index (χ2n) is 7.43. The topological polar surface area (TPSA) is 80.3 Å². The first kappa shape index (κ1) is 24.9. The van der Waals surface area contributed by atoms with E-state index in [1.54, 1.807) is 13.0 Å². The van der Waals surface area contributed by atoms with Crippen LogP contribution in [0, 0.1) is 0 Å². The number of allylic oxidation sites excluding steroid dienone is 1. The number of ether oxygens (including phenoxy) is 3. The van der Waals surface area contributed by atoms with Crippen molar-refractivity contribution in [1.29, 1.82) is 0 Å². The smallest absolute Gasteiger partial charge is 0.420 e. The Labute approximate surface area is 210 Å². The first-order chi connectivity index (χ1) is 15.7. The van der Waals surface area contributed by atoms with E-state index in [0.717, 1.165) is 29.9 Å². The Morgan fingerprint density at radius 2 is 1.82 bits per heavy atom. The van der Waals surface area contributed by atoms with E-state index in [4.69, 9.17) is 14.2 Å². The van der Waals surface area contributed by atoms with Crippen LogP contribution in [0.25, 0.3) is 0 Å². The molecule has 8 nitrogen and oxygen atoms in total. The number of alkyl carbamates (subject to hydrolysis) is 1. The molecule has 2 aliphatic heterocycles. The molecule has 1 N–H and O–H groups in total. The van der Waals surface area contributed by atoms with E-state index in [-0.39, 0.29) is 37.1 Å². The van der Waals surface area contributed by atoms with Gasteiger partial charge in [0, 0.05) is 42.7 Å². The average Bonchev–Trinajstić information content (AvgIpc) is 2.83. The number of benzene rings is 2. The fourth-order valence-electron chi connectivity index (χ4n) is 3.75. The summed E-state index contributed by atoms with van der Waals surface area (Å²) in [6.07, 6.45) is 1.18. The average molecular weight is 556 g/mol. The van der Waals surface area contributed by atoms with Crippen LogP contribution >= 0.6 is 0 Å². The number of rotatable bonds is 5. The molecule has 2 aromatic carbocycles. The van der Waals surface area contributed by atoms with E-state index in [9.17, 15) is 9.59 Å². The van der Waals surface area contributed by atoms with Crippen LogP contribution in [0.5, 0.6) is 0 Å². The van der Waals surface area contributed by atoms with E-state index < -0.39 is 12.2 Å². The molecule has 2 heterocycles. The number of morpholine rings is 1. The first-order valence-electron chi connectivity index (χ1n) is 10.8. The predicted octanol–water partition coefficient (Wildman–Crippen LogP) is 3.43. The van der Waals surface area contributed by atoms with Gasteiger partial charge >= 0.3 is 12.2 Å². The zero-order valence-electron chi connectivity index (χ0n) is 18.6. The molecular weight excluding hydrogens is 529 g/mol. The second kappa shape index (κ2) is 11.9. The zero-order chi connectivity index (χ0) is 22.3. The molecule has 9 heteroatoms. The Kier molecular flexibility index (Phi) is 9.02. The fourth-order valence-corrected chi connectivity index (χ4v) is 3.75. The van der Waals surface area contributed by atoms with Crippen LogP contribution in [0.4, 0.5) is 21.0 Å². The summed E-state index contributed by atoms with van der Waals surface area (Å²) in [4.78, 5) is 28.8. The summed E-state index contributed by atoms with van der Waals surface area (Å²) in [5.74, 6) is 0.327. The van der Waals surface area contributed by atoms with Gasteiger partial charge in [0.25, 0.3) is 0 Å². The minimum absolute atomic E-state index is 0. The summed E-state index contributed by atoms with van der Waals surface area (Å²) < 4.78 is 16.0. The number of nitrogens with zero attached hydrogens (tertiary/aromatic N) is 2. The van der Waals surface area contributed by atoms with Gasteiger partial charge in [-0.25, -0.2) is 14.5 Å². The van der Waals surface area contributed by atoms with Crippen molar-refractivity contribution in [2.45, 2.75) is 20.0 Å². The van der Waals surface area contributed by atoms with Gasteiger partial charge in [0.05, 0.1) is 25.5 Å². The van der Waals surface area contributed by atoms with Crippen molar-refractivity contribution in [3.05, 3.63) is 71.6 Å². The number of amides is 2. The van der Waals surface area contributed by atoms with Gasteiger partial charge in [-0.3, -0.25) is 5.32 Å². The van der Waals surface area contributed by atoms with Gasteiger partial charge in [-0.05, 0) is 48.7 Å². The number of hydrogen-bond acceptors (Lipinski definition) is 6. The molecule has 0 aliphatic carbocycles. The number of anilines is 2. The van der Waals surface area contributed by atoms with Gasteiger partial charge in [0.1, 0.15) is 12.4 Å². The summed E-state index contributed by atoms with van der Waals surface area (Å²) in [5.41, 5.74) is 3.62. The minimum atomic E-state index is -0.636. The molecule has 4 rings (SSSR count). The van der Waals surface area contributed by atoms with E-state index in [2.05, 4.69) is 16.3 Å². The number of hydrogen-bond donors (Lipinski definition) is 1. The Morgan fingerprint density at radius 3 is 2.55 bits per heavy atom. The third-order valence-electron chi connectivity index (χ3n) is 5.33. The third kappa shape index (κ3) is 6.20. The SMILES string of the molecule is CCOC(=O)N1C(NC(=O)OCc2ccccc2)=CCc2cc(N3CCOCC3)ccc21.[Sn]. The third-order valence-corrected chi connectivity index (χ3v) is 5.33. The van der Waals surface area contributed by atoms with Crippen molar-refractivity contribution >= 4 is 47.5 Å². The molecule has 0 saturated carbocycles. The Balaban J connectivity index is 0.00000306. The quantitative estimate of drug-likeness (QED) is 0.569. The zero-order valence-corrected chi connectivity index (χ0v) is 21.4. The maximum absolute atomic E-state index is 12.8. The van der Waals surface area contributed by atoms with Crippen LogP contribution in [-0.4, -0.2) is 69.0 Å². The molecule has 4 radical (unpaired) electrons. The van der Waals surface area contributed by atoms with Crippen molar-refractivity contribution in [1.82, 2.24) is 5.32 Å². The number of carbonyl (C=O) groups excluding carboxylic acids is 2. The van der Waals surface area contributed by atoms with E-state index in [1.807, 2.05) is 42.5 Å². The van der Waals surface area contributed by atoms with Crippen LogP contribution in [0.15, 0.2) is 60.4 Å². The molecule has 1 fully saturated rings. The molecule has 0 aromatic heterocycles. The number of carbonyl (C=O) groups is 2. The largest absolute Gasteiger partial charge is 0.449 e. The second-order valence-corrected chi connectivity index (χ2v) is 7.43. The first-order valence-corrected chi connectivity index (χ1v) is 10.8. The molecule has 0 spiro atoms. The maximum Gasteiger partial charge on any atom is 0.420 e. The van der Waals surface area contributed by atoms with Crippen LogP contribution in [0.1, 0.15) is 18.1 Å². The van der Waals surface area contributed by atoms with Gasteiger partial charge in [0.15, 0.2) is 0 Å². The van der Waals surface area contributed by atoms with Crippen molar-refractivity contribution < 1.29 is 23.8 Å². The van der Waals surface area contributed by atoms with Gasteiger partial charge in [-0.1, -0.05) is 30.3 Å². The molecule has 0 unspecified atom stereocenters. The normalized spacial score (nSPS) is 15.0. The minimum Gasteiger partial charge on any atom is -0.449 e. The molecule has 2 aliphatic rings. The summed E-state index contributed by atoms with van der Waals surface area (Å²) in [7, 11) is 0. The van der Waals surface area contributed by atoms with E-state index in [1.165, 1.54) is 4.90 Å². The van der Waals surface area contributed by atoms with Crippen molar-refractivity contribution in [2.24, 2.45) is 0 Å². The number of fused-ring (bicyclic) bond motifs is 1. The summed E-state index contributed by atoms with van der Waals surface area (Å²) in [5, 5.41) is 2.70. The van der Waals surface area contributed by atoms with E-state index >= 15 is 0 Å². The molecule has 2 amide bonds. The summed E-state index contributed by atoms with van der Waals surface area (Å²) in [6.45, 7) is 5.17. The van der Waals surface area contributed by atoms with E-state index in [0.29, 0.717) is 31.1 Å². The van der Waals surface area contributed by atoms with Gasteiger partial charge in [0.2, 0.25) is 0 Å². The molecule has 2 aromatic rings. The standard InChI is InChI=1S/C24H27N3O5.Sn/c1-2-31-24(29)27-21-10-9-20(26-12-14-30-15-13-26)16-19(21)8-11-22(27)25-23(28)32-17-18-6-4-3-5-7-18;/h3-7,9-11,16H,2,8,12-15,17H2,1H3,(H,25,28);. The maximum atomic E-state index is 12.8. The fraction of sp³-hybridized carbons (Fsp3) is 0.333. The van der Waals surface area contributed by atoms with Crippen LogP contribution < -0.4 is 15.1 Å². The monoisotopic (exact) mass is 557 g/mol. The summed E-state index contributed by atoms with van der Waals surface area (Å²) in [6, 6.07) is 15.4. The molecule has 33 heavy (non-hydrogen) atoms. The predicted molar refractivity (Wildman–Crippen MR) is 126 cm³/mol. The van der Waals surface area contributed by atoms with Crippen molar-refractivity contribution in [3.8, 4) is 0 Å². The molecule has 1 saturated heterocycles. The van der Waals surface area contributed by atoms with Gasteiger partial charge in [-0.2, -0.15) is 0 Å². The van der Waals surface area contributed by atoms with Crippen LogP contribution in [-0.2, 0) is 27.2 Å². The van der Waals surface area contributed by atoms with Crippen molar-refractivity contribution in [2.75, 3.05) is 42.7 Å². The van der Waals surface area contributed by atoms with Crippen molar-refractivity contribution in [3.63, 3.8) is 0 Å². The molecule has 0 atom stereocenters. The molecule has 172 valence electrons. The van der Waals surface area contributed by atoms with Gasteiger partial charge in [-0.15, -0.1) is 0 Å². The number of nitrogens with one attached hydrogen (secondary N) is 1. The van der Waals surface area contributed by atoms with Crippen LogP contribution in [0.3, 0.4) is 0 Å². The summed E-state index contributed by atoms with van der Waals surface area (Å²) >= 11 is 0. The Bertz CT molecular complexity index is 993. The Morgan fingerprint density at radius 1 is 1.06 bits per heavy atom. The molecular formula is C24H27N3O5Sn. The van der Waals surface area contributed by atoms with Gasteiger partial charge < -0.3 is 19.1 Å². The Hall–Kier alpha value is -2.72.